The lowest BCUT2D eigenvalue weighted by molar-refractivity contribution is -0.385. The Morgan fingerprint density at radius 1 is 1.48 bits per heavy atom. The number of hydrogen-bond acceptors (Lipinski definition) is 5. The molecule has 0 saturated carbocycles. The Morgan fingerprint density at radius 3 is 3.00 bits per heavy atom. The van der Waals surface area contributed by atoms with E-state index in [1.54, 1.807) is 18.2 Å². The van der Waals surface area contributed by atoms with E-state index in [1.807, 2.05) is 0 Å². The van der Waals surface area contributed by atoms with Gasteiger partial charge in [-0.2, -0.15) is 0 Å². The molecule has 1 atom stereocenters. The van der Waals surface area contributed by atoms with Crippen molar-refractivity contribution in [3.8, 4) is 0 Å². The van der Waals surface area contributed by atoms with Crippen molar-refractivity contribution in [3.05, 3.63) is 39.9 Å². The van der Waals surface area contributed by atoms with Crippen molar-refractivity contribution < 1.29 is 14.5 Å². The fourth-order valence-corrected chi connectivity index (χ4v) is 2.28. The van der Waals surface area contributed by atoms with Gasteiger partial charge in [-0.25, -0.2) is 0 Å². The monoisotopic (exact) mass is 293 g/mol. The molecule has 114 valence electrons. The summed E-state index contributed by atoms with van der Waals surface area (Å²) in [7, 11) is 0. The van der Waals surface area contributed by atoms with Crippen LogP contribution < -0.4 is 10.6 Å². The molecule has 1 saturated heterocycles. The van der Waals surface area contributed by atoms with Gasteiger partial charge in [0.1, 0.15) is 0 Å². The van der Waals surface area contributed by atoms with Gasteiger partial charge in [-0.15, -0.1) is 0 Å². The van der Waals surface area contributed by atoms with Gasteiger partial charge in [0.25, 0.3) is 5.69 Å². The fraction of sp³-hybridized carbons (Fsp3) is 0.500. The summed E-state index contributed by atoms with van der Waals surface area (Å²) in [6.07, 6.45) is 0.800. The van der Waals surface area contributed by atoms with Crippen molar-refractivity contribution in [2.75, 3.05) is 26.3 Å². The molecule has 1 amide bonds. The first-order valence-corrected chi connectivity index (χ1v) is 6.97. The average molecular weight is 293 g/mol. The van der Waals surface area contributed by atoms with Gasteiger partial charge in [-0.1, -0.05) is 18.2 Å². The third-order valence-corrected chi connectivity index (χ3v) is 3.34. The second kappa shape index (κ2) is 7.70. The normalized spacial score (nSPS) is 18.2. The minimum atomic E-state index is -0.402. The van der Waals surface area contributed by atoms with Gasteiger partial charge in [0.05, 0.1) is 18.1 Å². The molecule has 0 aliphatic carbocycles. The number of hydrogen-bond donors (Lipinski definition) is 2. The number of morpholine rings is 1. The number of nitrogens with zero attached hydrogens (tertiary/aromatic N) is 1. The van der Waals surface area contributed by atoms with Crippen molar-refractivity contribution in [2.45, 2.75) is 18.9 Å². The van der Waals surface area contributed by atoms with E-state index in [0.29, 0.717) is 38.2 Å². The number of benzene rings is 1. The van der Waals surface area contributed by atoms with Crippen molar-refractivity contribution in [2.24, 2.45) is 0 Å². The van der Waals surface area contributed by atoms with Gasteiger partial charge in [0.2, 0.25) is 5.91 Å². The first-order valence-electron chi connectivity index (χ1n) is 6.97. The third-order valence-electron chi connectivity index (χ3n) is 3.34. The van der Waals surface area contributed by atoms with E-state index in [9.17, 15) is 14.9 Å². The highest BCUT2D eigenvalue weighted by Crippen LogP contribution is 2.17. The molecule has 1 aliphatic rings. The summed E-state index contributed by atoms with van der Waals surface area (Å²) in [4.78, 5) is 22.3. The lowest BCUT2D eigenvalue weighted by Crippen LogP contribution is -2.44. The van der Waals surface area contributed by atoms with Crippen LogP contribution in [0.25, 0.3) is 0 Å². The zero-order valence-corrected chi connectivity index (χ0v) is 11.7. The van der Waals surface area contributed by atoms with Crippen LogP contribution in [0.2, 0.25) is 0 Å². The number of carbonyl (C=O) groups is 1. The van der Waals surface area contributed by atoms with Crippen molar-refractivity contribution in [3.63, 3.8) is 0 Å². The highest BCUT2D eigenvalue weighted by atomic mass is 16.6. The maximum atomic E-state index is 11.8. The molecule has 1 heterocycles. The van der Waals surface area contributed by atoms with Crippen LogP contribution in [0.5, 0.6) is 0 Å². The van der Waals surface area contributed by atoms with Crippen LogP contribution in [0.15, 0.2) is 24.3 Å². The first kappa shape index (κ1) is 15.4. The quantitative estimate of drug-likeness (QED) is 0.593. The second-order valence-electron chi connectivity index (χ2n) is 4.92. The Labute approximate surface area is 122 Å². The molecule has 7 heteroatoms. The Hall–Kier alpha value is -1.99. The van der Waals surface area contributed by atoms with Crippen molar-refractivity contribution >= 4 is 11.6 Å². The molecule has 1 aliphatic heterocycles. The number of nitrogens with one attached hydrogen (secondary N) is 2. The van der Waals surface area contributed by atoms with Crippen LogP contribution in [0.1, 0.15) is 12.0 Å². The van der Waals surface area contributed by atoms with Crippen LogP contribution in [-0.2, 0) is 16.0 Å². The molecule has 21 heavy (non-hydrogen) atoms. The van der Waals surface area contributed by atoms with E-state index < -0.39 is 4.92 Å². The van der Waals surface area contributed by atoms with Crippen molar-refractivity contribution in [1.29, 1.82) is 0 Å². The second-order valence-corrected chi connectivity index (χ2v) is 4.92. The molecule has 0 bridgehead atoms. The number of carbonyl (C=O) groups excluding carboxylic acids is 1. The average Bonchev–Trinajstić information content (AvgIpc) is 2.48. The molecule has 1 aromatic carbocycles. The van der Waals surface area contributed by atoms with Crippen LogP contribution in [-0.4, -0.2) is 43.2 Å². The Kier molecular flexibility index (Phi) is 5.65. The van der Waals surface area contributed by atoms with Crippen LogP contribution >= 0.6 is 0 Å². The maximum absolute atomic E-state index is 11.8. The van der Waals surface area contributed by atoms with Gasteiger partial charge in [0, 0.05) is 37.2 Å². The molecule has 0 spiro atoms. The van der Waals surface area contributed by atoms with Crippen LogP contribution in [0, 0.1) is 10.1 Å². The van der Waals surface area contributed by atoms with E-state index in [-0.39, 0.29) is 17.6 Å². The molecule has 0 aromatic heterocycles. The Morgan fingerprint density at radius 2 is 2.29 bits per heavy atom. The predicted octanol–water partition coefficient (Wildman–Crippen LogP) is 0.632. The third kappa shape index (κ3) is 4.80. The number of para-hydroxylation sites is 1. The van der Waals surface area contributed by atoms with Gasteiger partial charge < -0.3 is 15.4 Å². The van der Waals surface area contributed by atoms with Crippen LogP contribution in [0.3, 0.4) is 0 Å². The summed E-state index contributed by atoms with van der Waals surface area (Å²) in [5, 5.41) is 16.9. The standard InChI is InChI=1S/C14H19N3O4/c18-14(9-12-10-21-8-7-15-12)16-6-5-11-3-1-2-4-13(11)17(19)20/h1-4,12,15H,5-10H2,(H,16,18). The maximum Gasteiger partial charge on any atom is 0.272 e. The van der Waals surface area contributed by atoms with Gasteiger partial charge >= 0.3 is 0 Å². The summed E-state index contributed by atoms with van der Waals surface area (Å²) in [5.74, 6) is -0.0726. The summed E-state index contributed by atoms with van der Waals surface area (Å²) >= 11 is 0. The topological polar surface area (TPSA) is 93.5 Å². The SMILES string of the molecule is O=C(CC1COCCN1)NCCc1ccccc1[N+](=O)[O-]. The number of nitro groups is 1. The molecule has 0 radical (unpaired) electrons. The van der Waals surface area contributed by atoms with E-state index in [0.717, 1.165) is 6.54 Å². The zero-order valence-electron chi connectivity index (χ0n) is 11.7. The number of amides is 1. The smallest absolute Gasteiger partial charge is 0.272 e. The van der Waals surface area contributed by atoms with E-state index in [4.69, 9.17) is 4.74 Å². The fourth-order valence-electron chi connectivity index (χ4n) is 2.28. The zero-order chi connectivity index (χ0) is 15.1. The first-order chi connectivity index (χ1) is 10.2. The molecule has 7 nitrogen and oxygen atoms in total. The molecule has 1 aromatic rings. The van der Waals surface area contributed by atoms with E-state index in [1.165, 1.54) is 6.07 Å². The minimum Gasteiger partial charge on any atom is -0.378 e. The summed E-state index contributed by atoms with van der Waals surface area (Å²) in [6.45, 7) is 2.36. The van der Waals surface area contributed by atoms with Gasteiger partial charge in [0.15, 0.2) is 0 Å². The number of ether oxygens (including phenoxy) is 1. The highest BCUT2D eigenvalue weighted by Gasteiger charge is 2.17. The van der Waals surface area contributed by atoms with E-state index in [2.05, 4.69) is 10.6 Å². The summed E-state index contributed by atoms with van der Waals surface area (Å²) in [6, 6.07) is 6.62. The van der Waals surface area contributed by atoms with Crippen molar-refractivity contribution in [1.82, 2.24) is 10.6 Å². The lowest BCUT2D eigenvalue weighted by atomic mass is 10.1. The molecular weight excluding hydrogens is 274 g/mol. The minimum absolute atomic E-state index is 0.0461. The van der Waals surface area contributed by atoms with E-state index >= 15 is 0 Å². The number of nitro benzene ring substituents is 1. The molecular formula is C14H19N3O4. The Bertz CT molecular complexity index is 501. The summed E-state index contributed by atoms with van der Waals surface area (Å²) < 4.78 is 5.28. The Balaban J connectivity index is 1.76. The lowest BCUT2D eigenvalue weighted by Gasteiger charge is -2.23. The predicted molar refractivity (Wildman–Crippen MR) is 77.0 cm³/mol. The molecule has 2 rings (SSSR count). The van der Waals surface area contributed by atoms with Gasteiger partial charge in [-0.05, 0) is 6.42 Å². The van der Waals surface area contributed by atoms with Gasteiger partial charge in [-0.3, -0.25) is 14.9 Å². The highest BCUT2D eigenvalue weighted by molar-refractivity contribution is 5.76. The van der Waals surface area contributed by atoms with Crippen LogP contribution in [0.4, 0.5) is 5.69 Å². The molecule has 1 unspecified atom stereocenters. The summed E-state index contributed by atoms with van der Waals surface area (Å²) in [5.41, 5.74) is 0.719. The molecule has 2 N–H and O–H groups in total. The molecule has 1 fully saturated rings. The number of rotatable bonds is 6. The largest absolute Gasteiger partial charge is 0.378 e.